The molecule has 0 aliphatic rings. The van der Waals surface area contributed by atoms with Gasteiger partial charge in [-0.2, -0.15) is 0 Å². The minimum absolute atomic E-state index is 0.105. The van der Waals surface area contributed by atoms with Gasteiger partial charge in [-0.15, -0.1) is 0 Å². The van der Waals surface area contributed by atoms with Crippen LogP contribution in [0.5, 0.6) is 5.75 Å². The van der Waals surface area contributed by atoms with Crippen molar-refractivity contribution in [1.82, 2.24) is 4.90 Å². The monoisotopic (exact) mass is 244 g/mol. The highest BCUT2D eigenvalue weighted by Gasteiger charge is 2.17. The predicted molar refractivity (Wildman–Crippen MR) is 62.2 cm³/mol. The number of benzene rings is 1. The lowest BCUT2D eigenvalue weighted by atomic mass is 10.3. The van der Waals surface area contributed by atoms with E-state index in [2.05, 4.69) is 0 Å². The summed E-state index contributed by atoms with van der Waals surface area (Å²) in [6.45, 7) is 1.03. The van der Waals surface area contributed by atoms with Gasteiger partial charge < -0.3 is 9.64 Å². The molecule has 0 aliphatic heterocycles. The third-order valence-corrected chi connectivity index (χ3v) is 2.23. The molecule has 1 aromatic carbocycles. The summed E-state index contributed by atoms with van der Waals surface area (Å²) in [6, 6.07) is 4.47. The van der Waals surface area contributed by atoms with Crippen LogP contribution in [0, 0.1) is 10.1 Å². The maximum absolute atomic E-state index is 10.7. The number of halogens is 1. The average Bonchev–Trinajstić information content (AvgIpc) is 2.19. The Morgan fingerprint density at radius 2 is 2.19 bits per heavy atom. The number of para-hydroxylation sites is 1. The van der Waals surface area contributed by atoms with Crippen molar-refractivity contribution in [1.29, 1.82) is 0 Å². The van der Waals surface area contributed by atoms with Gasteiger partial charge in [0.1, 0.15) is 6.61 Å². The number of ether oxygens (including phenoxy) is 1. The summed E-state index contributed by atoms with van der Waals surface area (Å²) < 4.78 is 5.32. The number of likely N-dealkylation sites (N-methyl/N-ethyl adjacent to an activating group) is 1. The van der Waals surface area contributed by atoms with Gasteiger partial charge >= 0.3 is 5.69 Å². The first kappa shape index (κ1) is 12.7. The lowest BCUT2D eigenvalue weighted by molar-refractivity contribution is -0.385. The topological polar surface area (TPSA) is 55.6 Å². The molecule has 1 aromatic rings. The second-order valence-corrected chi connectivity index (χ2v) is 3.90. The molecule has 6 heteroatoms. The quantitative estimate of drug-likeness (QED) is 0.589. The van der Waals surface area contributed by atoms with Gasteiger partial charge in [0.15, 0.2) is 0 Å². The van der Waals surface area contributed by atoms with Crippen molar-refractivity contribution in [2.24, 2.45) is 0 Å². The van der Waals surface area contributed by atoms with Crippen molar-refractivity contribution in [2.75, 3.05) is 27.2 Å². The van der Waals surface area contributed by atoms with Crippen LogP contribution in [-0.2, 0) is 0 Å². The van der Waals surface area contributed by atoms with Crippen molar-refractivity contribution < 1.29 is 9.66 Å². The predicted octanol–water partition coefficient (Wildman–Crippen LogP) is 2.19. The first-order chi connectivity index (χ1) is 7.52. The molecule has 0 amide bonds. The molecular formula is C10H13ClN2O3. The van der Waals surface area contributed by atoms with Gasteiger partial charge in [-0.25, -0.2) is 0 Å². The third kappa shape index (κ3) is 3.36. The van der Waals surface area contributed by atoms with E-state index in [-0.39, 0.29) is 16.5 Å². The molecule has 0 spiro atoms. The fourth-order valence-corrected chi connectivity index (χ4v) is 1.34. The molecule has 0 heterocycles. The summed E-state index contributed by atoms with van der Waals surface area (Å²) in [4.78, 5) is 12.1. The zero-order chi connectivity index (χ0) is 12.1. The average molecular weight is 245 g/mol. The largest absolute Gasteiger partial charge is 0.484 e. The third-order valence-electron chi connectivity index (χ3n) is 1.93. The van der Waals surface area contributed by atoms with Crippen LogP contribution < -0.4 is 4.74 Å². The molecule has 0 atom stereocenters. The Morgan fingerprint density at radius 1 is 1.50 bits per heavy atom. The Morgan fingerprint density at radius 3 is 2.75 bits per heavy atom. The molecule has 5 nitrogen and oxygen atoms in total. The van der Waals surface area contributed by atoms with Gasteiger partial charge in [0.25, 0.3) is 0 Å². The van der Waals surface area contributed by atoms with Gasteiger partial charge in [-0.3, -0.25) is 10.1 Å². The van der Waals surface area contributed by atoms with Crippen molar-refractivity contribution in [3.05, 3.63) is 33.3 Å². The maximum atomic E-state index is 10.7. The van der Waals surface area contributed by atoms with E-state index in [9.17, 15) is 10.1 Å². The smallest absolute Gasteiger partial charge is 0.312 e. The van der Waals surface area contributed by atoms with E-state index < -0.39 is 4.92 Å². The number of hydrogen-bond acceptors (Lipinski definition) is 4. The van der Waals surface area contributed by atoms with Crippen LogP contribution in [0.1, 0.15) is 0 Å². The van der Waals surface area contributed by atoms with Crippen LogP contribution >= 0.6 is 11.6 Å². The standard InChI is InChI=1S/C10H13ClN2O3/c1-12(2)6-7-16-10-8(11)4-3-5-9(10)13(14)15/h3-5H,6-7H2,1-2H3. The Hall–Kier alpha value is -1.33. The highest BCUT2D eigenvalue weighted by Crippen LogP contribution is 2.34. The molecule has 0 N–H and O–H groups in total. The summed E-state index contributed by atoms with van der Waals surface area (Å²) in [5.74, 6) is 0.135. The molecule has 0 aromatic heterocycles. The minimum atomic E-state index is -0.503. The number of nitro benzene ring substituents is 1. The van der Waals surface area contributed by atoms with Crippen molar-refractivity contribution in [3.63, 3.8) is 0 Å². The van der Waals surface area contributed by atoms with Gasteiger partial charge in [0.05, 0.1) is 9.95 Å². The molecule has 0 aliphatic carbocycles. The van der Waals surface area contributed by atoms with Crippen molar-refractivity contribution in [2.45, 2.75) is 0 Å². The van der Waals surface area contributed by atoms with Crippen LogP contribution in [0.4, 0.5) is 5.69 Å². The summed E-state index contributed by atoms with van der Waals surface area (Å²) >= 11 is 5.85. The zero-order valence-corrected chi connectivity index (χ0v) is 9.90. The Labute approximate surface area is 98.7 Å². The van der Waals surface area contributed by atoms with Crippen LogP contribution in [0.3, 0.4) is 0 Å². The van der Waals surface area contributed by atoms with Crippen molar-refractivity contribution >= 4 is 17.3 Å². The van der Waals surface area contributed by atoms with E-state index >= 15 is 0 Å². The Balaban J connectivity index is 2.80. The zero-order valence-electron chi connectivity index (χ0n) is 9.14. The summed E-state index contributed by atoms with van der Waals surface area (Å²) in [5, 5.41) is 11.0. The fraction of sp³-hybridized carbons (Fsp3) is 0.400. The molecule has 0 bridgehead atoms. The second kappa shape index (κ2) is 5.67. The number of hydrogen-bond donors (Lipinski definition) is 0. The summed E-state index contributed by atoms with van der Waals surface area (Å²) in [5.41, 5.74) is -0.105. The van der Waals surface area contributed by atoms with E-state index in [1.165, 1.54) is 12.1 Å². The Bertz CT molecular complexity index is 382. The van der Waals surface area contributed by atoms with Gasteiger partial charge in [-0.1, -0.05) is 17.7 Å². The van der Waals surface area contributed by atoms with Gasteiger partial charge in [0.2, 0.25) is 5.75 Å². The second-order valence-electron chi connectivity index (χ2n) is 3.50. The highest BCUT2D eigenvalue weighted by atomic mass is 35.5. The van der Waals surface area contributed by atoms with E-state index in [1.54, 1.807) is 6.07 Å². The van der Waals surface area contributed by atoms with Crippen LogP contribution in [-0.4, -0.2) is 37.1 Å². The minimum Gasteiger partial charge on any atom is -0.484 e. The summed E-state index contributed by atoms with van der Waals surface area (Å²) in [7, 11) is 3.79. The highest BCUT2D eigenvalue weighted by molar-refractivity contribution is 6.32. The van der Waals surface area contributed by atoms with E-state index in [0.717, 1.165) is 0 Å². The van der Waals surface area contributed by atoms with Gasteiger partial charge in [-0.05, 0) is 20.2 Å². The number of rotatable bonds is 5. The van der Waals surface area contributed by atoms with Crippen LogP contribution in [0.15, 0.2) is 18.2 Å². The molecule has 0 radical (unpaired) electrons. The molecule has 0 saturated heterocycles. The van der Waals surface area contributed by atoms with Gasteiger partial charge in [0, 0.05) is 12.6 Å². The lowest BCUT2D eigenvalue weighted by Crippen LogP contribution is -2.19. The maximum Gasteiger partial charge on any atom is 0.312 e. The number of nitro groups is 1. The molecule has 16 heavy (non-hydrogen) atoms. The normalized spacial score (nSPS) is 10.5. The summed E-state index contributed by atoms with van der Waals surface area (Å²) in [6.07, 6.45) is 0. The van der Waals surface area contributed by atoms with Crippen LogP contribution in [0.25, 0.3) is 0 Å². The lowest BCUT2D eigenvalue weighted by Gasteiger charge is -2.11. The first-order valence-corrected chi connectivity index (χ1v) is 5.10. The van der Waals surface area contributed by atoms with E-state index in [0.29, 0.717) is 13.2 Å². The first-order valence-electron chi connectivity index (χ1n) is 4.73. The molecule has 0 saturated carbocycles. The van der Waals surface area contributed by atoms with E-state index in [1.807, 2.05) is 19.0 Å². The molecule has 1 rings (SSSR count). The van der Waals surface area contributed by atoms with Crippen LogP contribution in [0.2, 0.25) is 5.02 Å². The molecule has 88 valence electrons. The van der Waals surface area contributed by atoms with E-state index in [4.69, 9.17) is 16.3 Å². The fourth-order valence-electron chi connectivity index (χ4n) is 1.11. The molecule has 0 unspecified atom stereocenters. The SMILES string of the molecule is CN(C)CCOc1c(Cl)cccc1[N+](=O)[O-]. The molecule has 0 fully saturated rings. The van der Waals surface area contributed by atoms with Crippen molar-refractivity contribution in [3.8, 4) is 5.75 Å². The number of nitrogens with zero attached hydrogens (tertiary/aromatic N) is 2. The molecular weight excluding hydrogens is 232 g/mol. The Kier molecular flexibility index (Phi) is 4.52.